The molecule has 6 heteroatoms. The molecule has 0 heterocycles. The Bertz CT molecular complexity index is 1060. The van der Waals surface area contributed by atoms with Gasteiger partial charge in [-0.3, -0.25) is 9.59 Å². The van der Waals surface area contributed by atoms with Crippen LogP contribution >= 0.6 is 23.4 Å². The zero-order valence-corrected chi connectivity index (χ0v) is 21.9. The SMILES string of the molecule is CC(C)CNC(=O)C(Cc1ccccc1)N(Cc1ccc(Cl)cc1)C(=O)CCSc1ccccc1. The molecule has 3 rings (SSSR count). The second-order valence-corrected chi connectivity index (χ2v) is 10.5. The van der Waals surface area contributed by atoms with E-state index >= 15 is 0 Å². The summed E-state index contributed by atoms with van der Waals surface area (Å²) in [5.41, 5.74) is 1.96. The molecule has 184 valence electrons. The van der Waals surface area contributed by atoms with E-state index in [0.717, 1.165) is 16.0 Å². The number of hydrogen-bond donors (Lipinski definition) is 1. The Kier molecular flexibility index (Phi) is 10.7. The van der Waals surface area contributed by atoms with Gasteiger partial charge < -0.3 is 10.2 Å². The second-order valence-electron chi connectivity index (χ2n) is 8.90. The summed E-state index contributed by atoms with van der Waals surface area (Å²) in [6.07, 6.45) is 0.797. The van der Waals surface area contributed by atoms with E-state index in [1.807, 2.05) is 84.9 Å². The number of benzene rings is 3. The molecule has 0 aliphatic heterocycles. The Morgan fingerprint density at radius 2 is 1.51 bits per heavy atom. The molecule has 0 aliphatic rings. The van der Waals surface area contributed by atoms with Gasteiger partial charge in [-0.15, -0.1) is 11.8 Å². The van der Waals surface area contributed by atoms with Crippen LogP contribution in [0.4, 0.5) is 0 Å². The molecule has 0 radical (unpaired) electrons. The molecule has 0 saturated heterocycles. The largest absolute Gasteiger partial charge is 0.354 e. The van der Waals surface area contributed by atoms with E-state index in [1.54, 1.807) is 16.7 Å². The molecule has 0 aromatic heterocycles. The van der Waals surface area contributed by atoms with Crippen molar-refractivity contribution in [2.45, 2.75) is 44.2 Å². The van der Waals surface area contributed by atoms with Gasteiger partial charge in [0.25, 0.3) is 0 Å². The first-order valence-corrected chi connectivity index (χ1v) is 13.3. The predicted molar refractivity (Wildman–Crippen MR) is 146 cm³/mol. The molecule has 1 atom stereocenters. The number of nitrogens with zero attached hydrogens (tertiary/aromatic N) is 1. The van der Waals surface area contributed by atoms with Gasteiger partial charge in [-0.2, -0.15) is 0 Å². The Morgan fingerprint density at radius 3 is 2.14 bits per heavy atom. The fraction of sp³-hybridized carbons (Fsp3) is 0.310. The van der Waals surface area contributed by atoms with E-state index in [1.165, 1.54) is 0 Å². The summed E-state index contributed by atoms with van der Waals surface area (Å²) < 4.78 is 0. The Labute approximate surface area is 218 Å². The third-order valence-corrected chi connectivity index (χ3v) is 6.82. The summed E-state index contributed by atoms with van der Waals surface area (Å²) in [6.45, 7) is 5.03. The molecule has 0 spiro atoms. The van der Waals surface area contributed by atoms with Crippen LogP contribution in [0.5, 0.6) is 0 Å². The first-order chi connectivity index (χ1) is 16.9. The third kappa shape index (κ3) is 9.08. The van der Waals surface area contributed by atoms with Crippen LogP contribution < -0.4 is 5.32 Å². The molecule has 1 N–H and O–H groups in total. The van der Waals surface area contributed by atoms with Crippen molar-refractivity contribution in [2.75, 3.05) is 12.3 Å². The highest BCUT2D eigenvalue weighted by atomic mass is 35.5. The fourth-order valence-corrected chi connectivity index (χ4v) is 4.67. The van der Waals surface area contributed by atoms with Crippen LogP contribution in [0, 0.1) is 5.92 Å². The maximum atomic E-state index is 13.6. The first kappa shape index (κ1) is 26.8. The molecule has 0 saturated carbocycles. The number of carbonyl (C=O) groups excluding carboxylic acids is 2. The average Bonchev–Trinajstić information content (AvgIpc) is 2.87. The summed E-state index contributed by atoms with van der Waals surface area (Å²) in [5, 5.41) is 3.70. The van der Waals surface area contributed by atoms with Crippen LogP contribution in [0.25, 0.3) is 0 Å². The van der Waals surface area contributed by atoms with E-state index in [2.05, 4.69) is 19.2 Å². The molecule has 4 nitrogen and oxygen atoms in total. The molecule has 2 amide bonds. The van der Waals surface area contributed by atoms with Crippen LogP contribution in [0.2, 0.25) is 5.02 Å². The minimum Gasteiger partial charge on any atom is -0.354 e. The summed E-state index contributed by atoms with van der Waals surface area (Å²) in [6, 6.07) is 26.8. The van der Waals surface area contributed by atoms with Crippen molar-refractivity contribution in [2.24, 2.45) is 5.92 Å². The van der Waals surface area contributed by atoms with Gasteiger partial charge in [-0.1, -0.05) is 86.1 Å². The fourth-order valence-electron chi connectivity index (χ4n) is 3.68. The highest BCUT2D eigenvalue weighted by molar-refractivity contribution is 7.99. The van der Waals surface area contributed by atoms with Crippen LogP contribution in [-0.4, -0.2) is 35.1 Å². The zero-order chi connectivity index (χ0) is 25.0. The predicted octanol–water partition coefficient (Wildman–Crippen LogP) is 6.23. The van der Waals surface area contributed by atoms with Gasteiger partial charge in [0.05, 0.1) is 0 Å². The van der Waals surface area contributed by atoms with Gasteiger partial charge in [0, 0.05) is 41.6 Å². The topological polar surface area (TPSA) is 49.4 Å². The molecule has 35 heavy (non-hydrogen) atoms. The number of carbonyl (C=O) groups is 2. The van der Waals surface area contributed by atoms with Crippen LogP contribution in [0.3, 0.4) is 0 Å². The van der Waals surface area contributed by atoms with E-state index < -0.39 is 6.04 Å². The van der Waals surface area contributed by atoms with Crippen LogP contribution in [-0.2, 0) is 22.6 Å². The lowest BCUT2D eigenvalue weighted by Gasteiger charge is -2.32. The van der Waals surface area contributed by atoms with Gasteiger partial charge in [-0.25, -0.2) is 0 Å². The van der Waals surface area contributed by atoms with E-state index in [4.69, 9.17) is 11.6 Å². The average molecular weight is 509 g/mol. The van der Waals surface area contributed by atoms with Crippen molar-refractivity contribution in [3.05, 3.63) is 101 Å². The number of halogens is 1. The summed E-state index contributed by atoms with van der Waals surface area (Å²) in [7, 11) is 0. The van der Waals surface area contributed by atoms with Crippen molar-refractivity contribution in [1.82, 2.24) is 10.2 Å². The molecular formula is C29H33ClN2O2S. The van der Waals surface area contributed by atoms with E-state index in [0.29, 0.717) is 42.6 Å². The Morgan fingerprint density at radius 1 is 0.886 bits per heavy atom. The lowest BCUT2D eigenvalue weighted by atomic mass is 10.0. The lowest BCUT2D eigenvalue weighted by molar-refractivity contribution is -0.141. The van der Waals surface area contributed by atoms with E-state index in [-0.39, 0.29) is 11.8 Å². The molecule has 3 aromatic rings. The lowest BCUT2D eigenvalue weighted by Crippen LogP contribution is -2.51. The normalized spacial score (nSPS) is 11.8. The van der Waals surface area contributed by atoms with Gasteiger partial charge in [0.1, 0.15) is 6.04 Å². The van der Waals surface area contributed by atoms with Crippen molar-refractivity contribution in [3.63, 3.8) is 0 Å². The van der Waals surface area contributed by atoms with E-state index in [9.17, 15) is 9.59 Å². The first-order valence-electron chi connectivity index (χ1n) is 12.0. The molecular weight excluding hydrogens is 476 g/mol. The number of thioether (sulfide) groups is 1. The van der Waals surface area contributed by atoms with Crippen molar-refractivity contribution in [3.8, 4) is 0 Å². The van der Waals surface area contributed by atoms with Gasteiger partial charge in [0.2, 0.25) is 11.8 Å². The highest BCUT2D eigenvalue weighted by Gasteiger charge is 2.30. The van der Waals surface area contributed by atoms with Crippen molar-refractivity contribution < 1.29 is 9.59 Å². The number of rotatable bonds is 12. The smallest absolute Gasteiger partial charge is 0.243 e. The maximum Gasteiger partial charge on any atom is 0.243 e. The highest BCUT2D eigenvalue weighted by Crippen LogP contribution is 2.21. The summed E-state index contributed by atoms with van der Waals surface area (Å²) in [4.78, 5) is 29.9. The quantitative estimate of drug-likeness (QED) is 0.295. The van der Waals surface area contributed by atoms with Gasteiger partial charge >= 0.3 is 0 Å². The molecule has 0 fully saturated rings. The van der Waals surface area contributed by atoms with Crippen molar-refractivity contribution >= 4 is 35.2 Å². The molecule has 1 unspecified atom stereocenters. The standard InChI is InChI=1S/C29H33ClN2O2S/c1-22(2)20-31-29(34)27(19-23-9-5-3-6-10-23)32(21-24-13-15-25(30)16-14-24)28(33)17-18-35-26-11-7-4-8-12-26/h3-16,22,27H,17-21H2,1-2H3,(H,31,34). The van der Waals surface area contributed by atoms with Gasteiger partial charge in [-0.05, 0) is 41.3 Å². The van der Waals surface area contributed by atoms with Crippen LogP contribution in [0.15, 0.2) is 89.8 Å². The summed E-state index contributed by atoms with van der Waals surface area (Å²) in [5.74, 6) is 0.801. The minimum absolute atomic E-state index is 0.0380. The zero-order valence-electron chi connectivity index (χ0n) is 20.3. The third-order valence-electron chi connectivity index (χ3n) is 5.55. The molecule has 3 aromatic carbocycles. The molecule has 0 bridgehead atoms. The Balaban J connectivity index is 1.83. The minimum atomic E-state index is -0.610. The number of nitrogens with one attached hydrogen (secondary N) is 1. The monoisotopic (exact) mass is 508 g/mol. The second kappa shape index (κ2) is 14.0. The number of hydrogen-bond acceptors (Lipinski definition) is 3. The Hall–Kier alpha value is -2.76. The maximum absolute atomic E-state index is 13.6. The number of amides is 2. The summed E-state index contributed by atoms with van der Waals surface area (Å²) >= 11 is 7.73. The van der Waals surface area contributed by atoms with Gasteiger partial charge in [0.15, 0.2) is 0 Å². The van der Waals surface area contributed by atoms with Crippen LogP contribution in [0.1, 0.15) is 31.4 Å². The molecule has 0 aliphatic carbocycles. The van der Waals surface area contributed by atoms with Crippen molar-refractivity contribution in [1.29, 1.82) is 0 Å².